The number of halogens is 1. The molecule has 0 saturated heterocycles. The minimum Gasteiger partial charge on any atom is -0.465 e. The van der Waals surface area contributed by atoms with Gasteiger partial charge in [-0.15, -0.1) is 0 Å². The molecule has 2 aromatic rings. The molecule has 0 atom stereocenters. The van der Waals surface area contributed by atoms with Gasteiger partial charge >= 0.3 is 5.97 Å². The highest BCUT2D eigenvalue weighted by Crippen LogP contribution is 2.27. The molecule has 0 unspecified atom stereocenters. The van der Waals surface area contributed by atoms with Crippen LogP contribution < -0.4 is 10.6 Å². The highest BCUT2D eigenvalue weighted by atomic mass is 79.9. The van der Waals surface area contributed by atoms with E-state index in [1.807, 2.05) is 0 Å². The van der Waals surface area contributed by atoms with E-state index < -0.39 is 16.8 Å². The van der Waals surface area contributed by atoms with Gasteiger partial charge in [-0.05, 0) is 52.4 Å². The van der Waals surface area contributed by atoms with E-state index in [0.717, 1.165) is 0 Å². The summed E-state index contributed by atoms with van der Waals surface area (Å²) in [6, 6.07) is 10.0. The number of esters is 1. The van der Waals surface area contributed by atoms with Crippen LogP contribution >= 0.6 is 28.1 Å². The van der Waals surface area contributed by atoms with Crippen molar-refractivity contribution in [2.75, 3.05) is 12.4 Å². The molecule has 0 fully saturated rings. The molecule has 2 N–H and O–H groups in total. The third-order valence-corrected chi connectivity index (χ3v) is 4.04. The average molecular weight is 438 g/mol. The number of hydrogen-bond donors (Lipinski definition) is 2. The van der Waals surface area contributed by atoms with Crippen molar-refractivity contribution in [1.29, 1.82) is 0 Å². The minimum atomic E-state index is -0.560. The molecule has 0 bridgehead atoms. The van der Waals surface area contributed by atoms with Gasteiger partial charge in [-0.25, -0.2) is 4.79 Å². The maximum absolute atomic E-state index is 12.2. The third-order valence-electron chi connectivity index (χ3n) is 3.18. The first-order chi connectivity index (χ1) is 12.3. The Bertz CT molecular complexity index is 903. The quantitative estimate of drug-likeness (QED) is 0.326. The van der Waals surface area contributed by atoms with E-state index in [1.165, 1.54) is 43.5 Å². The van der Waals surface area contributed by atoms with Gasteiger partial charge in [0.05, 0.1) is 23.3 Å². The second-order valence-electron chi connectivity index (χ2n) is 4.90. The number of carbonyl (C=O) groups excluding carboxylic acids is 2. The molecule has 1 amide bonds. The van der Waals surface area contributed by atoms with Crippen molar-refractivity contribution in [1.82, 2.24) is 5.32 Å². The van der Waals surface area contributed by atoms with Crippen LogP contribution in [0.5, 0.6) is 0 Å². The first kappa shape index (κ1) is 19.5. The Balaban J connectivity index is 2.07. The van der Waals surface area contributed by atoms with Crippen molar-refractivity contribution < 1.29 is 19.2 Å². The largest absolute Gasteiger partial charge is 0.465 e. The number of methoxy groups -OCH3 is 1. The van der Waals surface area contributed by atoms with Crippen LogP contribution in [0.4, 0.5) is 11.4 Å². The van der Waals surface area contributed by atoms with E-state index in [9.17, 15) is 19.7 Å². The molecular weight excluding hydrogens is 426 g/mol. The molecule has 26 heavy (non-hydrogen) atoms. The summed E-state index contributed by atoms with van der Waals surface area (Å²) in [7, 11) is 1.25. The Hall–Kier alpha value is -2.85. The van der Waals surface area contributed by atoms with E-state index in [1.54, 1.807) is 6.07 Å². The van der Waals surface area contributed by atoms with Gasteiger partial charge in [0.1, 0.15) is 0 Å². The predicted molar refractivity (Wildman–Crippen MR) is 102 cm³/mol. The molecule has 2 rings (SSSR count). The Morgan fingerprint density at radius 1 is 1.19 bits per heavy atom. The van der Waals surface area contributed by atoms with Crippen LogP contribution in [-0.2, 0) is 4.74 Å². The van der Waals surface area contributed by atoms with Crippen LogP contribution in [0.1, 0.15) is 20.7 Å². The summed E-state index contributed by atoms with van der Waals surface area (Å²) in [5, 5.41) is 16.0. The van der Waals surface area contributed by atoms with Crippen LogP contribution in [0, 0.1) is 10.1 Å². The normalized spacial score (nSPS) is 9.92. The van der Waals surface area contributed by atoms with E-state index >= 15 is 0 Å². The van der Waals surface area contributed by atoms with E-state index in [-0.39, 0.29) is 21.9 Å². The first-order valence-electron chi connectivity index (χ1n) is 7.06. The fourth-order valence-electron chi connectivity index (χ4n) is 1.95. The summed E-state index contributed by atoms with van der Waals surface area (Å²) in [6.45, 7) is 0. The number of thiocarbonyl (C=S) groups is 1. The minimum absolute atomic E-state index is 0.00646. The Morgan fingerprint density at radius 2 is 1.88 bits per heavy atom. The predicted octanol–water partition coefficient (Wildman–Crippen LogP) is 3.27. The molecule has 0 aliphatic rings. The second-order valence-corrected chi connectivity index (χ2v) is 6.16. The van der Waals surface area contributed by atoms with Crippen LogP contribution in [0.25, 0.3) is 0 Å². The number of hydrogen-bond acceptors (Lipinski definition) is 6. The molecule has 0 aliphatic carbocycles. The monoisotopic (exact) mass is 437 g/mol. The van der Waals surface area contributed by atoms with Gasteiger partial charge in [0.15, 0.2) is 5.11 Å². The topological polar surface area (TPSA) is 111 Å². The summed E-state index contributed by atoms with van der Waals surface area (Å²) < 4.78 is 5.02. The Labute approximate surface area is 161 Å². The van der Waals surface area contributed by atoms with Gasteiger partial charge < -0.3 is 10.1 Å². The van der Waals surface area contributed by atoms with Crippen molar-refractivity contribution in [3.05, 3.63) is 68.2 Å². The van der Waals surface area contributed by atoms with Gasteiger partial charge in [0.25, 0.3) is 11.6 Å². The smallest absolute Gasteiger partial charge is 0.337 e. The zero-order chi connectivity index (χ0) is 19.3. The number of amides is 1. The van der Waals surface area contributed by atoms with Gasteiger partial charge in [0.2, 0.25) is 0 Å². The van der Waals surface area contributed by atoms with Crippen molar-refractivity contribution in [2.45, 2.75) is 0 Å². The number of benzene rings is 2. The zero-order valence-corrected chi connectivity index (χ0v) is 15.7. The molecule has 0 saturated carbocycles. The van der Waals surface area contributed by atoms with Crippen molar-refractivity contribution in [2.24, 2.45) is 0 Å². The van der Waals surface area contributed by atoms with Gasteiger partial charge in [-0.2, -0.15) is 0 Å². The van der Waals surface area contributed by atoms with Crippen LogP contribution in [0.3, 0.4) is 0 Å². The maximum atomic E-state index is 12.2. The van der Waals surface area contributed by atoms with E-state index in [4.69, 9.17) is 12.2 Å². The van der Waals surface area contributed by atoms with Crippen LogP contribution in [0.15, 0.2) is 46.9 Å². The molecular formula is C16H12BrN3O5S. The molecule has 0 aliphatic heterocycles. The maximum Gasteiger partial charge on any atom is 0.337 e. The molecule has 0 aromatic heterocycles. The number of ether oxygens (including phenoxy) is 1. The lowest BCUT2D eigenvalue weighted by Gasteiger charge is -2.11. The molecule has 10 heteroatoms. The van der Waals surface area contributed by atoms with Gasteiger partial charge in [-0.3, -0.25) is 20.2 Å². The highest BCUT2D eigenvalue weighted by molar-refractivity contribution is 9.10. The molecule has 0 heterocycles. The fraction of sp³-hybridized carbons (Fsp3) is 0.0625. The summed E-state index contributed by atoms with van der Waals surface area (Å²) in [6.07, 6.45) is 0. The summed E-state index contributed by atoms with van der Waals surface area (Å²) in [5.74, 6) is -1.08. The molecule has 0 radical (unpaired) electrons. The van der Waals surface area contributed by atoms with Crippen LogP contribution in [0.2, 0.25) is 0 Å². The number of nitrogens with one attached hydrogen (secondary N) is 2. The molecule has 0 spiro atoms. The number of anilines is 1. The van der Waals surface area contributed by atoms with Crippen molar-refractivity contribution in [3.63, 3.8) is 0 Å². The summed E-state index contributed by atoms with van der Waals surface area (Å²) in [5.41, 5.74) is 0.818. The van der Waals surface area contributed by atoms with E-state index in [2.05, 4.69) is 31.3 Å². The number of nitro groups is 1. The fourth-order valence-corrected chi connectivity index (χ4v) is 2.62. The SMILES string of the molecule is COC(=O)c1cccc(C(=O)NC(=S)Nc2ccc([N+](=O)[O-])cc2Br)c1. The van der Waals surface area contributed by atoms with Crippen molar-refractivity contribution >= 4 is 56.5 Å². The lowest BCUT2D eigenvalue weighted by atomic mass is 10.1. The lowest BCUT2D eigenvalue weighted by Crippen LogP contribution is -2.34. The number of nitrogens with zero attached hydrogens (tertiary/aromatic N) is 1. The average Bonchev–Trinajstić information content (AvgIpc) is 2.62. The number of non-ortho nitro benzene ring substituents is 1. The highest BCUT2D eigenvalue weighted by Gasteiger charge is 2.14. The van der Waals surface area contributed by atoms with Crippen molar-refractivity contribution in [3.8, 4) is 0 Å². The molecule has 2 aromatic carbocycles. The molecule has 134 valence electrons. The number of carbonyl (C=O) groups is 2. The summed E-state index contributed by atoms with van der Waals surface area (Å²) >= 11 is 8.27. The standard InChI is InChI=1S/C16H12BrN3O5S/c1-25-15(22)10-4-2-3-9(7-10)14(21)19-16(26)18-13-6-5-11(20(23)24)8-12(13)17/h2-8H,1H3,(H2,18,19,21,26). The second kappa shape index (κ2) is 8.50. The number of nitro benzene ring substituents is 1. The number of rotatable bonds is 4. The Morgan fingerprint density at radius 3 is 2.50 bits per heavy atom. The van der Waals surface area contributed by atoms with Crippen LogP contribution in [-0.4, -0.2) is 29.0 Å². The van der Waals surface area contributed by atoms with Gasteiger partial charge in [-0.1, -0.05) is 6.07 Å². The molecule has 8 nitrogen and oxygen atoms in total. The third kappa shape index (κ3) is 4.83. The Kier molecular flexibility index (Phi) is 6.36. The lowest BCUT2D eigenvalue weighted by molar-refractivity contribution is -0.384. The summed E-state index contributed by atoms with van der Waals surface area (Å²) in [4.78, 5) is 34.0. The zero-order valence-electron chi connectivity index (χ0n) is 13.3. The van der Waals surface area contributed by atoms with Gasteiger partial charge in [0, 0.05) is 22.2 Å². The first-order valence-corrected chi connectivity index (χ1v) is 8.26. The van der Waals surface area contributed by atoms with E-state index in [0.29, 0.717) is 10.2 Å².